The van der Waals surface area contributed by atoms with Crippen LogP contribution in [-0.4, -0.2) is 51.8 Å². The maximum Gasteiger partial charge on any atom is 0.329 e. The van der Waals surface area contributed by atoms with E-state index < -0.39 is 16.8 Å². The molecule has 1 aromatic rings. The van der Waals surface area contributed by atoms with E-state index in [4.69, 9.17) is 21.4 Å². The minimum absolute atomic E-state index is 0.0509. The molecular weight excluding hydrogens is 328 g/mol. The van der Waals surface area contributed by atoms with E-state index in [9.17, 15) is 14.9 Å². The second-order valence-electron chi connectivity index (χ2n) is 5.34. The highest BCUT2D eigenvalue weighted by Crippen LogP contribution is 2.31. The number of carbonyl (C=O) groups is 1. The van der Waals surface area contributed by atoms with E-state index in [-0.39, 0.29) is 29.4 Å². The summed E-state index contributed by atoms with van der Waals surface area (Å²) in [4.78, 5) is 31.1. The van der Waals surface area contributed by atoms with Gasteiger partial charge in [0.2, 0.25) is 11.1 Å². The molecule has 0 spiro atoms. The molecule has 1 atom stereocenters. The summed E-state index contributed by atoms with van der Waals surface area (Å²) in [7, 11) is 0. The maximum absolute atomic E-state index is 11.3. The molecule has 1 fully saturated rings. The predicted molar refractivity (Wildman–Crippen MR) is 81.7 cm³/mol. The summed E-state index contributed by atoms with van der Waals surface area (Å²) >= 11 is 5.79. The normalized spacial score (nSPS) is 16.8. The van der Waals surface area contributed by atoms with Gasteiger partial charge >= 0.3 is 11.7 Å². The second kappa shape index (κ2) is 7.51. The molecule has 1 aromatic heterocycles. The van der Waals surface area contributed by atoms with E-state index in [2.05, 4.69) is 9.97 Å². The molecule has 0 saturated carbocycles. The third-order valence-electron chi connectivity index (χ3n) is 3.71. The van der Waals surface area contributed by atoms with Gasteiger partial charge in [-0.3, -0.25) is 14.9 Å². The largest absolute Gasteiger partial charge is 0.481 e. The van der Waals surface area contributed by atoms with Gasteiger partial charge in [0.05, 0.1) is 10.8 Å². The predicted octanol–water partition coefficient (Wildman–Crippen LogP) is 1.74. The van der Waals surface area contributed by atoms with Gasteiger partial charge in [-0.2, -0.15) is 4.98 Å². The van der Waals surface area contributed by atoms with Gasteiger partial charge in [0.25, 0.3) is 0 Å². The highest BCUT2D eigenvalue weighted by atomic mass is 35.5. The summed E-state index contributed by atoms with van der Waals surface area (Å²) < 4.78 is 5.30. The molecule has 0 radical (unpaired) electrons. The Bertz CT molecular complexity index is 594. The number of anilines is 1. The van der Waals surface area contributed by atoms with E-state index in [1.54, 1.807) is 11.8 Å². The Balaban J connectivity index is 2.41. The first-order chi connectivity index (χ1) is 10.9. The molecule has 1 N–H and O–H groups in total. The molecule has 126 valence electrons. The summed E-state index contributed by atoms with van der Waals surface area (Å²) in [5.74, 6) is -1.65. The number of carboxylic acid groups (broad SMARTS) is 1. The molecule has 1 saturated heterocycles. The Morgan fingerprint density at radius 3 is 2.83 bits per heavy atom. The van der Waals surface area contributed by atoms with Crippen molar-refractivity contribution in [1.29, 1.82) is 0 Å². The molecule has 10 heteroatoms. The zero-order valence-electron chi connectivity index (χ0n) is 12.5. The highest BCUT2D eigenvalue weighted by Gasteiger charge is 2.31. The van der Waals surface area contributed by atoms with Crippen LogP contribution in [0.25, 0.3) is 0 Å². The van der Waals surface area contributed by atoms with Crippen molar-refractivity contribution >= 4 is 29.1 Å². The lowest BCUT2D eigenvalue weighted by atomic mass is 10.0. The molecule has 2 rings (SSSR count). The van der Waals surface area contributed by atoms with Gasteiger partial charge in [0.15, 0.2) is 0 Å². The molecule has 0 aromatic carbocycles. The molecule has 1 aliphatic heterocycles. The van der Waals surface area contributed by atoms with Gasteiger partial charge in [0.1, 0.15) is 6.20 Å². The number of aromatic nitrogens is 2. The summed E-state index contributed by atoms with van der Waals surface area (Å²) in [6.45, 7) is 2.65. The van der Waals surface area contributed by atoms with E-state index in [0.29, 0.717) is 26.1 Å². The third kappa shape index (κ3) is 4.26. The van der Waals surface area contributed by atoms with Crippen LogP contribution < -0.4 is 4.90 Å². The summed E-state index contributed by atoms with van der Waals surface area (Å²) in [6, 6.07) is -0.102. The zero-order chi connectivity index (χ0) is 17.0. The van der Waals surface area contributed by atoms with Crippen molar-refractivity contribution < 1.29 is 19.6 Å². The average Bonchev–Trinajstić information content (AvgIpc) is 2.52. The number of nitrogens with zero attached hydrogens (tertiary/aromatic N) is 4. The van der Waals surface area contributed by atoms with E-state index in [0.717, 1.165) is 6.20 Å². The van der Waals surface area contributed by atoms with Crippen LogP contribution >= 0.6 is 11.6 Å². The fourth-order valence-corrected chi connectivity index (χ4v) is 2.59. The smallest absolute Gasteiger partial charge is 0.329 e. The standard InChI is InChI=1S/C13H17ClN4O5/c1-8(12(19)20)7-17(9-2-4-23-5-3-9)11-10(18(21)22)6-15-13(14)16-11/h6,8-9H,2-5,7H2,1H3,(H,19,20). The molecule has 9 nitrogen and oxygen atoms in total. The zero-order valence-corrected chi connectivity index (χ0v) is 13.3. The SMILES string of the molecule is CC(CN(c1nc(Cl)ncc1[N+](=O)[O-])C1CCOCC1)C(=O)O. The van der Waals surface area contributed by atoms with Crippen molar-refractivity contribution in [3.8, 4) is 0 Å². The first-order valence-electron chi connectivity index (χ1n) is 7.14. The molecule has 0 aliphatic carbocycles. The van der Waals surface area contributed by atoms with Gasteiger partial charge in [0, 0.05) is 25.8 Å². The first-order valence-corrected chi connectivity index (χ1v) is 7.52. The summed E-state index contributed by atoms with van der Waals surface area (Å²) in [6.07, 6.45) is 2.30. The fourth-order valence-electron chi connectivity index (χ4n) is 2.46. The minimum Gasteiger partial charge on any atom is -0.481 e. The molecule has 1 aliphatic rings. The number of carboxylic acids is 1. The molecule has 0 bridgehead atoms. The highest BCUT2D eigenvalue weighted by molar-refractivity contribution is 6.28. The topological polar surface area (TPSA) is 119 Å². The first kappa shape index (κ1) is 17.4. The molecule has 23 heavy (non-hydrogen) atoms. The lowest BCUT2D eigenvalue weighted by Gasteiger charge is -2.35. The summed E-state index contributed by atoms with van der Waals surface area (Å²) in [5, 5.41) is 20.3. The lowest BCUT2D eigenvalue weighted by Crippen LogP contribution is -2.44. The van der Waals surface area contributed by atoms with Gasteiger partial charge in [-0.15, -0.1) is 0 Å². The number of hydrogen-bond donors (Lipinski definition) is 1. The Hall–Kier alpha value is -2.00. The van der Waals surface area contributed by atoms with Crippen molar-refractivity contribution in [3.63, 3.8) is 0 Å². The van der Waals surface area contributed by atoms with Crippen LogP contribution in [-0.2, 0) is 9.53 Å². The van der Waals surface area contributed by atoms with Crippen molar-refractivity contribution in [2.24, 2.45) is 5.92 Å². The van der Waals surface area contributed by atoms with Crippen molar-refractivity contribution in [3.05, 3.63) is 21.6 Å². The number of nitro groups is 1. The Morgan fingerprint density at radius 1 is 1.61 bits per heavy atom. The molecule has 2 heterocycles. The average molecular weight is 345 g/mol. The molecule has 0 amide bonds. The quantitative estimate of drug-likeness (QED) is 0.471. The number of hydrogen-bond acceptors (Lipinski definition) is 7. The summed E-state index contributed by atoms with van der Waals surface area (Å²) in [5.41, 5.74) is -0.293. The number of rotatable bonds is 6. The van der Waals surface area contributed by atoms with Crippen molar-refractivity contribution in [1.82, 2.24) is 9.97 Å². The van der Waals surface area contributed by atoms with Crippen LogP contribution in [0.3, 0.4) is 0 Å². The van der Waals surface area contributed by atoms with Crippen molar-refractivity contribution in [2.45, 2.75) is 25.8 Å². The molecule has 1 unspecified atom stereocenters. The molecular formula is C13H17ClN4O5. The van der Waals surface area contributed by atoms with E-state index in [1.165, 1.54) is 0 Å². The van der Waals surface area contributed by atoms with Gasteiger partial charge in [-0.25, -0.2) is 4.98 Å². The fraction of sp³-hybridized carbons (Fsp3) is 0.615. The Labute approximate surface area is 137 Å². The van der Waals surface area contributed by atoms with Crippen molar-refractivity contribution in [2.75, 3.05) is 24.7 Å². The van der Waals surface area contributed by atoms with Gasteiger partial charge < -0.3 is 14.7 Å². The van der Waals surface area contributed by atoms with Crippen LogP contribution in [0.15, 0.2) is 6.20 Å². The Morgan fingerprint density at radius 2 is 2.26 bits per heavy atom. The van der Waals surface area contributed by atoms with Crippen LogP contribution in [0, 0.1) is 16.0 Å². The lowest BCUT2D eigenvalue weighted by molar-refractivity contribution is -0.384. The van der Waals surface area contributed by atoms with Crippen LogP contribution in [0.4, 0.5) is 11.5 Å². The van der Waals surface area contributed by atoms with Crippen LogP contribution in [0.5, 0.6) is 0 Å². The van der Waals surface area contributed by atoms with Gasteiger partial charge in [-0.05, 0) is 24.4 Å². The second-order valence-corrected chi connectivity index (χ2v) is 5.68. The minimum atomic E-state index is -0.982. The van der Waals surface area contributed by atoms with Crippen LogP contribution in [0.2, 0.25) is 5.28 Å². The number of aliphatic carboxylic acids is 1. The van der Waals surface area contributed by atoms with E-state index >= 15 is 0 Å². The maximum atomic E-state index is 11.3. The van der Waals surface area contributed by atoms with Gasteiger partial charge in [-0.1, -0.05) is 6.92 Å². The monoisotopic (exact) mass is 344 g/mol. The number of ether oxygens (including phenoxy) is 1. The van der Waals surface area contributed by atoms with E-state index in [1.807, 2.05) is 0 Å². The third-order valence-corrected chi connectivity index (χ3v) is 3.90. The van der Waals surface area contributed by atoms with Crippen LogP contribution in [0.1, 0.15) is 19.8 Å². The Kier molecular flexibility index (Phi) is 5.67. The number of halogens is 1.